The molecule has 0 spiro atoms. The van der Waals surface area contributed by atoms with Gasteiger partial charge in [0.25, 0.3) is 0 Å². The maximum absolute atomic E-state index is 13.8. The molecule has 1 atom stereocenters. The topological polar surface area (TPSA) is 12.0 Å². The molecule has 0 aliphatic rings. The molecule has 2 rings (SSSR count). The van der Waals surface area contributed by atoms with E-state index in [1.54, 1.807) is 13.0 Å². The molecule has 20 heavy (non-hydrogen) atoms. The van der Waals surface area contributed by atoms with Crippen LogP contribution in [0, 0.1) is 19.7 Å². The van der Waals surface area contributed by atoms with Gasteiger partial charge in [-0.3, -0.25) is 0 Å². The Bertz CT molecular complexity index is 610. The molecule has 0 aliphatic heterocycles. The first-order valence-corrected chi connectivity index (χ1v) is 7.58. The third-order valence-corrected chi connectivity index (χ3v) is 4.42. The van der Waals surface area contributed by atoms with Crippen LogP contribution in [0.15, 0.2) is 40.9 Å². The van der Waals surface area contributed by atoms with E-state index in [-0.39, 0.29) is 11.9 Å². The van der Waals surface area contributed by atoms with E-state index >= 15 is 0 Å². The highest BCUT2D eigenvalue weighted by molar-refractivity contribution is 9.10. The van der Waals surface area contributed by atoms with Crippen LogP contribution in [0.4, 0.5) is 4.39 Å². The fraction of sp³-hybridized carbons (Fsp3) is 0.294. The average molecular weight is 336 g/mol. The Kier molecular flexibility index (Phi) is 4.95. The Balaban J connectivity index is 2.50. The van der Waals surface area contributed by atoms with Crippen LogP contribution in [-0.2, 0) is 0 Å². The van der Waals surface area contributed by atoms with E-state index in [1.165, 1.54) is 11.1 Å². The quantitative estimate of drug-likeness (QED) is 0.837. The maximum atomic E-state index is 13.8. The Morgan fingerprint density at radius 3 is 2.60 bits per heavy atom. The van der Waals surface area contributed by atoms with Crippen molar-refractivity contribution in [3.8, 4) is 0 Å². The van der Waals surface area contributed by atoms with Gasteiger partial charge in [-0.25, -0.2) is 4.39 Å². The summed E-state index contributed by atoms with van der Waals surface area (Å²) in [7, 11) is 0. The van der Waals surface area contributed by atoms with Gasteiger partial charge in [-0.15, -0.1) is 0 Å². The zero-order valence-corrected chi connectivity index (χ0v) is 13.6. The van der Waals surface area contributed by atoms with Crippen LogP contribution < -0.4 is 5.32 Å². The van der Waals surface area contributed by atoms with Crippen molar-refractivity contribution in [2.45, 2.75) is 26.8 Å². The molecule has 0 aromatic heterocycles. The average Bonchev–Trinajstić information content (AvgIpc) is 2.43. The summed E-state index contributed by atoms with van der Waals surface area (Å²) >= 11 is 3.56. The third-order valence-electron chi connectivity index (χ3n) is 3.56. The molecule has 3 heteroatoms. The number of halogens is 2. The van der Waals surface area contributed by atoms with Crippen LogP contribution in [-0.4, -0.2) is 6.54 Å². The van der Waals surface area contributed by atoms with Crippen molar-refractivity contribution >= 4 is 15.9 Å². The van der Waals surface area contributed by atoms with Gasteiger partial charge in [-0.1, -0.05) is 47.1 Å². The summed E-state index contributed by atoms with van der Waals surface area (Å²) in [6.07, 6.45) is 0. The summed E-state index contributed by atoms with van der Waals surface area (Å²) in [5, 5.41) is 3.44. The SMILES string of the molecule is CCNC(c1ccc(C)c(F)c1)c1cccc(Br)c1C. The number of hydrogen-bond donors (Lipinski definition) is 1. The second-order valence-electron chi connectivity index (χ2n) is 4.95. The summed E-state index contributed by atoms with van der Waals surface area (Å²) in [5.41, 5.74) is 3.98. The summed E-state index contributed by atoms with van der Waals surface area (Å²) in [6, 6.07) is 11.6. The first-order chi connectivity index (χ1) is 9.54. The highest BCUT2D eigenvalue weighted by atomic mass is 79.9. The van der Waals surface area contributed by atoms with Gasteiger partial charge in [0.1, 0.15) is 5.82 Å². The van der Waals surface area contributed by atoms with Crippen molar-refractivity contribution in [1.29, 1.82) is 0 Å². The molecule has 0 radical (unpaired) electrons. The summed E-state index contributed by atoms with van der Waals surface area (Å²) in [6.45, 7) is 6.75. The molecule has 0 amide bonds. The lowest BCUT2D eigenvalue weighted by Gasteiger charge is -2.22. The van der Waals surface area contributed by atoms with Gasteiger partial charge in [0.05, 0.1) is 6.04 Å². The van der Waals surface area contributed by atoms with Crippen molar-refractivity contribution in [1.82, 2.24) is 5.32 Å². The monoisotopic (exact) mass is 335 g/mol. The Morgan fingerprint density at radius 2 is 1.95 bits per heavy atom. The molecule has 0 fully saturated rings. The second kappa shape index (κ2) is 6.51. The van der Waals surface area contributed by atoms with Gasteiger partial charge in [0.15, 0.2) is 0 Å². The van der Waals surface area contributed by atoms with Crippen molar-refractivity contribution in [3.63, 3.8) is 0 Å². The van der Waals surface area contributed by atoms with Crippen LogP contribution in [0.2, 0.25) is 0 Å². The fourth-order valence-electron chi connectivity index (χ4n) is 2.34. The standard InChI is InChI=1S/C17H19BrFN/c1-4-20-17(13-9-8-11(2)16(19)10-13)14-6-5-7-15(18)12(14)3/h5-10,17,20H,4H2,1-3H3. The van der Waals surface area contributed by atoms with Crippen molar-refractivity contribution in [2.75, 3.05) is 6.54 Å². The number of nitrogens with one attached hydrogen (secondary N) is 1. The van der Waals surface area contributed by atoms with Crippen LogP contribution in [0.1, 0.15) is 35.2 Å². The first-order valence-electron chi connectivity index (χ1n) is 6.79. The van der Waals surface area contributed by atoms with Crippen LogP contribution >= 0.6 is 15.9 Å². The Hall–Kier alpha value is -1.19. The molecule has 1 N–H and O–H groups in total. The minimum atomic E-state index is -0.155. The van der Waals surface area contributed by atoms with Gasteiger partial charge in [0.2, 0.25) is 0 Å². The van der Waals surface area contributed by atoms with E-state index in [0.717, 1.165) is 16.6 Å². The molecule has 0 saturated carbocycles. The first kappa shape index (κ1) is 15.2. The molecule has 0 aliphatic carbocycles. The number of aryl methyl sites for hydroxylation is 1. The van der Waals surface area contributed by atoms with E-state index in [1.807, 2.05) is 24.3 Å². The highest BCUT2D eigenvalue weighted by Crippen LogP contribution is 2.29. The van der Waals surface area contributed by atoms with E-state index < -0.39 is 0 Å². The number of benzene rings is 2. The lowest BCUT2D eigenvalue weighted by atomic mass is 9.94. The third kappa shape index (κ3) is 3.10. The maximum Gasteiger partial charge on any atom is 0.126 e. The molecule has 0 saturated heterocycles. The zero-order chi connectivity index (χ0) is 14.7. The number of rotatable bonds is 4. The van der Waals surface area contributed by atoms with E-state index in [9.17, 15) is 4.39 Å². The summed E-state index contributed by atoms with van der Waals surface area (Å²) < 4.78 is 14.9. The van der Waals surface area contributed by atoms with Gasteiger partial charge in [-0.05, 0) is 54.8 Å². The smallest absolute Gasteiger partial charge is 0.126 e. The largest absolute Gasteiger partial charge is 0.307 e. The van der Waals surface area contributed by atoms with E-state index in [0.29, 0.717) is 5.56 Å². The van der Waals surface area contributed by atoms with Crippen molar-refractivity contribution in [3.05, 3.63) is 68.9 Å². The normalized spacial score (nSPS) is 12.4. The van der Waals surface area contributed by atoms with E-state index in [4.69, 9.17) is 0 Å². The van der Waals surface area contributed by atoms with Crippen molar-refractivity contribution < 1.29 is 4.39 Å². The molecule has 1 unspecified atom stereocenters. The van der Waals surface area contributed by atoms with E-state index in [2.05, 4.69) is 41.2 Å². The molecule has 106 valence electrons. The van der Waals surface area contributed by atoms with Crippen LogP contribution in [0.3, 0.4) is 0 Å². The minimum Gasteiger partial charge on any atom is -0.307 e. The predicted octanol–water partition coefficient (Wildman–Crippen LogP) is 4.90. The number of hydrogen-bond acceptors (Lipinski definition) is 1. The highest BCUT2D eigenvalue weighted by Gasteiger charge is 2.17. The van der Waals surface area contributed by atoms with Gasteiger partial charge < -0.3 is 5.32 Å². The second-order valence-corrected chi connectivity index (χ2v) is 5.81. The molecule has 0 bridgehead atoms. The molecular weight excluding hydrogens is 317 g/mol. The van der Waals surface area contributed by atoms with Gasteiger partial charge in [0, 0.05) is 4.47 Å². The molecule has 2 aromatic carbocycles. The fourth-order valence-corrected chi connectivity index (χ4v) is 2.72. The Morgan fingerprint density at radius 1 is 1.20 bits per heavy atom. The molecular formula is C17H19BrFN. The van der Waals surface area contributed by atoms with Gasteiger partial charge in [-0.2, -0.15) is 0 Å². The molecule has 1 nitrogen and oxygen atoms in total. The molecule has 2 aromatic rings. The van der Waals surface area contributed by atoms with Gasteiger partial charge >= 0.3 is 0 Å². The predicted molar refractivity (Wildman–Crippen MR) is 85.5 cm³/mol. The lowest BCUT2D eigenvalue weighted by Crippen LogP contribution is -2.23. The summed E-state index contributed by atoms with van der Waals surface area (Å²) in [4.78, 5) is 0. The molecule has 0 heterocycles. The Labute approximate surface area is 128 Å². The van der Waals surface area contributed by atoms with Crippen LogP contribution in [0.5, 0.6) is 0 Å². The summed E-state index contributed by atoms with van der Waals surface area (Å²) in [5.74, 6) is -0.155. The lowest BCUT2D eigenvalue weighted by molar-refractivity contribution is 0.596. The minimum absolute atomic E-state index is 0.00704. The van der Waals surface area contributed by atoms with Crippen LogP contribution in [0.25, 0.3) is 0 Å². The van der Waals surface area contributed by atoms with Crippen molar-refractivity contribution in [2.24, 2.45) is 0 Å². The zero-order valence-electron chi connectivity index (χ0n) is 12.0.